The van der Waals surface area contributed by atoms with Gasteiger partial charge in [-0.25, -0.2) is 4.39 Å². The summed E-state index contributed by atoms with van der Waals surface area (Å²) >= 11 is 1.51. The minimum atomic E-state index is -0.423. The van der Waals surface area contributed by atoms with Crippen LogP contribution >= 0.6 is 11.8 Å². The van der Waals surface area contributed by atoms with E-state index >= 15 is 0 Å². The molecule has 0 aliphatic rings. The van der Waals surface area contributed by atoms with Gasteiger partial charge in [0.2, 0.25) is 0 Å². The van der Waals surface area contributed by atoms with Gasteiger partial charge in [-0.05, 0) is 42.0 Å². The number of hydrogen-bond donors (Lipinski definition) is 1. The van der Waals surface area contributed by atoms with E-state index in [0.29, 0.717) is 28.8 Å². The van der Waals surface area contributed by atoms with E-state index < -0.39 is 5.82 Å². The highest BCUT2D eigenvalue weighted by Crippen LogP contribution is 2.24. The number of anilines is 1. The SMILES string of the molecule is C=CCn1c(COc2ccccc2F)nnc1SCc1ccc(C(=O)Nc2ccccc2)cc1. The maximum atomic E-state index is 13.8. The van der Waals surface area contributed by atoms with E-state index in [1.807, 2.05) is 47.0 Å². The van der Waals surface area contributed by atoms with E-state index in [1.165, 1.54) is 17.8 Å². The Kier molecular flexibility index (Phi) is 7.72. The summed E-state index contributed by atoms with van der Waals surface area (Å²) in [6, 6.07) is 23.0. The first kappa shape index (κ1) is 23.3. The lowest BCUT2D eigenvalue weighted by Crippen LogP contribution is -2.11. The first-order valence-corrected chi connectivity index (χ1v) is 11.6. The average molecular weight is 475 g/mol. The van der Waals surface area contributed by atoms with Gasteiger partial charge in [-0.15, -0.1) is 16.8 Å². The van der Waals surface area contributed by atoms with Crippen LogP contribution in [0.1, 0.15) is 21.7 Å². The number of thioether (sulfide) groups is 1. The largest absolute Gasteiger partial charge is 0.483 e. The molecule has 1 amide bonds. The van der Waals surface area contributed by atoms with Crippen LogP contribution in [0.3, 0.4) is 0 Å². The van der Waals surface area contributed by atoms with Gasteiger partial charge in [0, 0.05) is 23.5 Å². The molecule has 0 saturated carbocycles. The van der Waals surface area contributed by atoms with Gasteiger partial charge >= 0.3 is 0 Å². The monoisotopic (exact) mass is 474 g/mol. The maximum Gasteiger partial charge on any atom is 0.255 e. The van der Waals surface area contributed by atoms with Gasteiger partial charge in [0.15, 0.2) is 22.5 Å². The molecule has 0 radical (unpaired) electrons. The fourth-order valence-electron chi connectivity index (χ4n) is 3.17. The molecule has 8 heteroatoms. The summed E-state index contributed by atoms with van der Waals surface area (Å²) in [4.78, 5) is 12.4. The number of rotatable bonds is 10. The zero-order chi connectivity index (χ0) is 23.8. The third kappa shape index (κ3) is 5.90. The van der Waals surface area contributed by atoms with Crippen LogP contribution in [0.5, 0.6) is 5.75 Å². The van der Waals surface area contributed by atoms with Gasteiger partial charge in [-0.1, -0.05) is 60.3 Å². The molecular weight excluding hydrogens is 451 g/mol. The predicted octanol–water partition coefficient (Wildman–Crippen LogP) is 5.73. The van der Waals surface area contributed by atoms with Gasteiger partial charge in [0.1, 0.15) is 6.61 Å². The Bertz CT molecular complexity index is 1260. The van der Waals surface area contributed by atoms with E-state index in [0.717, 1.165) is 11.3 Å². The molecule has 0 atom stereocenters. The van der Waals surface area contributed by atoms with Crippen molar-refractivity contribution in [2.75, 3.05) is 5.32 Å². The normalized spacial score (nSPS) is 10.6. The molecule has 0 aliphatic carbocycles. The van der Waals surface area contributed by atoms with E-state index in [9.17, 15) is 9.18 Å². The molecule has 1 N–H and O–H groups in total. The summed E-state index contributed by atoms with van der Waals surface area (Å²) in [5.41, 5.74) is 2.38. The molecule has 172 valence electrons. The highest BCUT2D eigenvalue weighted by Gasteiger charge is 2.14. The number of hydrogen-bond acceptors (Lipinski definition) is 5. The molecule has 0 fully saturated rings. The smallest absolute Gasteiger partial charge is 0.255 e. The molecule has 1 aromatic heterocycles. The molecule has 6 nitrogen and oxygen atoms in total. The zero-order valence-electron chi connectivity index (χ0n) is 18.4. The summed E-state index contributed by atoms with van der Waals surface area (Å²) in [6.45, 7) is 4.39. The van der Waals surface area contributed by atoms with Crippen LogP contribution in [0.4, 0.5) is 10.1 Å². The van der Waals surface area contributed by atoms with Gasteiger partial charge < -0.3 is 10.1 Å². The van der Waals surface area contributed by atoms with Crippen molar-refractivity contribution in [3.05, 3.63) is 114 Å². The van der Waals surface area contributed by atoms with Crippen molar-refractivity contribution in [2.24, 2.45) is 0 Å². The number of ether oxygens (including phenoxy) is 1. The summed E-state index contributed by atoms with van der Waals surface area (Å²) < 4.78 is 21.3. The molecular formula is C26H23FN4O2S. The third-order valence-corrected chi connectivity index (χ3v) is 5.95. The van der Waals surface area contributed by atoms with E-state index in [-0.39, 0.29) is 18.3 Å². The van der Waals surface area contributed by atoms with E-state index in [1.54, 1.807) is 36.4 Å². The van der Waals surface area contributed by atoms with Crippen molar-refractivity contribution < 1.29 is 13.9 Å². The third-order valence-electron chi connectivity index (χ3n) is 4.91. The standard InChI is InChI=1S/C26H23FN4O2S/c1-2-16-31-24(17-33-23-11-7-6-10-22(23)27)29-30-26(31)34-18-19-12-14-20(15-13-19)25(32)28-21-8-4-3-5-9-21/h2-15H,1,16-18H2,(H,28,32). The average Bonchev–Trinajstić information content (AvgIpc) is 3.25. The van der Waals surface area contributed by atoms with Crippen molar-refractivity contribution in [1.82, 2.24) is 14.8 Å². The molecule has 4 rings (SSSR count). The molecule has 3 aromatic carbocycles. The number of nitrogens with one attached hydrogen (secondary N) is 1. The van der Waals surface area contributed by atoms with E-state index in [2.05, 4.69) is 22.1 Å². The number of para-hydroxylation sites is 2. The van der Waals surface area contributed by atoms with Crippen molar-refractivity contribution in [3.8, 4) is 5.75 Å². The quantitative estimate of drug-likeness (QED) is 0.235. The van der Waals surface area contributed by atoms with Gasteiger partial charge in [0.05, 0.1) is 0 Å². The van der Waals surface area contributed by atoms with Crippen LogP contribution < -0.4 is 10.1 Å². The topological polar surface area (TPSA) is 69.0 Å². The summed E-state index contributed by atoms with van der Waals surface area (Å²) in [6.07, 6.45) is 1.75. The Balaban J connectivity index is 1.37. The number of amides is 1. The minimum Gasteiger partial charge on any atom is -0.483 e. The second-order valence-electron chi connectivity index (χ2n) is 7.32. The lowest BCUT2D eigenvalue weighted by Gasteiger charge is -2.10. The molecule has 0 bridgehead atoms. The van der Waals surface area contributed by atoms with Gasteiger partial charge in [0.25, 0.3) is 5.91 Å². The van der Waals surface area contributed by atoms with Crippen LogP contribution in [0.2, 0.25) is 0 Å². The van der Waals surface area contributed by atoms with Crippen molar-refractivity contribution in [3.63, 3.8) is 0 Å². The Morgan fingerprint density at radius 1 is 1.03 bits per heavy atom. The maximum absolute atomic E-state index is 13.8. The van der Waals surface area contributed by atoms with Crippen molar-refractivity contribution in [2.45, 2.75) is 24.1 Å². The Morgan fingerprint density at radius 3 is 2.50 bits per heavy atom. The zero-order valence-corrected chi connectivity index (χ0v) is 19.2. The molecule has 1 heterocycles. The van der Waals surface area contributed by atoms with Crippen molar-refractivity contribution in [1.29, 1.82) is 0 Å². The number of carbonyl (C=O) groups is 1. The summed E-state index contributed by atoms with van der Waals surface area (Å²) in [7, 11) is 0. The predicted molar refractivity (Wildman–Crippen MR) is 131 cm³/mol. The van der Waals surface area contributed by atoms with Crippen molar-refractivity contribution >= 4 is 23.4 Å². The number of aromatic nitrogens is 3. The second kappa shape index (κ2) is 11.3. The van der Waals surface area contributed by atoms with Gasteiger partial charge in [-0.2, -0.15) is 0 Å². The molecule has 34 heavy (non-hydrogen) atoms. The van der Waals surface area contributed by atoms with E-state index in [4.69, 9.17) is 4.74 Å². The molecule has 0 saturated heterocycles. The Morgan fingerprint density at radius 2 is 1.76 bits per heavy atom. The summed E-state index contributed by atoms with van der Waals surface area (Å²) in [5.74, 6) is 0.813. The van der Waals surface area contributed by atoms with Crippen LogP contribution in [0, 0.1) is 5.82 Å². The highest BCUT2D eigenvalue weighted by atomic mass is 32.2. The highest BCUT2D eigenvalue weighted by molar-refractivity contribution is 7.98. The number of carbonyl (C=O) groups excluding carboxylic acids is 1. The molecule has 0 spiro atoms. The fraction of sp³-hybridized carbons (Fsp3) is 0.115. The molecule has 0 unspecified atom stereocenters. The second-order valence-corrected chi connectivity index (χ2v) is 8.27. The lowest BCUT2D eigenvalue weighted by atomic mass is 10.1. The number of benzene rings is 3. The first-order valence-electron chi connectivity index (χ1n) is 10.6. The number of halogens is 1. The number of allylic oxidation sites excluding steroid dienone is 1. The van der Waals surface area contributed by atoms with Crippen LogP contribution in [-0.2, 0) is 18.9 Å². The molecule has 0 aliphatic heterocycles. The number of nitrogens with zero attached hydrogens (tertiary/aromatic N) is 3. The van der Waals surface area contributed by atoms with Gasteiger partial charge in [-0.3, -0.25) is 9.36 Å². The lowest BCUT2D eigenvalue weighted by molar-refractivity contribution is 0.102. The fourth-order valence-corrected chi connectivity index (χ4v) is 4.10. The molecule has 4 aromatic rings. The van der Waals surface area contributed by atoms with Crippen LogP contribution in [0.25, 0.3) is 0 Å². The minimum absolute atomic E-state index is 0.0908. The van der Waals surface area contributed by atoms with Crippen LogP contribution in [0.15, 0.2) is 96.7 Å². The Labute approximate surface area is 201 Å². The summed E-state index contributed by atoms with van der Waals surface area (Å²) in [5, 5.41) is 12.1. The van der Waals surface area contributed by atoms with Crippen LogP contribution in [-0.4, -0.2) is 20.7 Å². The first-order chi connectivity index (χ1) is 16.6. The Hall–Kier alpha value is -3.91.